The van der Waals surface area contributed by atoms with Gasteiger partial charge in [-0.15, -0.1) is 0 Å². The summed E-state index contributed by atoms with van der Waals surface area (Å²) in [5, 5.41) is 2.77. The molecule has 0 aliphatic rings. The fraction of sp³-hybridized carbons (Fsp3) is 0.296. The van der Waals surface area contributed by atoms with Crippen LogP contribution in [0.4, 0.5) is 14.9 Å². The maximum Gasteiger partial charge on any atom is 0.338 e. The van der Waals surface area contributed by atoms with E-state index in [0.29, 0.717) is 30.0 Å². The zero-order valence-electron chi connectivity index (χ0n) is 20.4. The minimum atomic E-state index is -0.439. The average molecular weight is 496 g/mol. The number of hydrogen-bond acceptors (Lipinski definition) is 5. The molecule has 9 heteroatoms. The molecule has 190 valence electrons. The van der Waals surface area contributed by atoms with Crippen LogP contribution in [0, 0.1) is 5.82 Å². The Labute approximate surface area is 209 Å². The van der Waals surface area contributed by atoms with E-state index < -0.39 is 12.0 Å². The SMILES string of the molecule is CCCN(CC(=O)N(Cc1ccc(F)cc1)Cc1ccco1)C(=O)Nc1ccc(C(=O)OCC)cc1. The number of urea groups is 1. The summed E-state index contributed by atoms with van der Waals surface area (Å²) in [7, 11) is 0. The zero-order valence-corrected chi connectivity index (χ0v) is 20.4. The van der Waals surface area contributed by atoms with Crippen LogP contribution in [0.25, 0.3) is 0 Å². The predicted octanol–water partition coefficient (Wildman–Crippen LogP) is 5.07. The van der Waals surface area contributed by atoms with Gasteiger partial charge in [-0.1, -0.05) is 19.1 Å². The van der Waals surface area contributed by atoms with Gasteiger partial charge in [0.25, 0.3) is 0 Å². The largest absolute Gasteiger partial charge is 0.467 e. The van der Waals surface area contributed by atoms with Crippen LogP contribution in [0.15, 0.2) is 71.3 Å². The van der Waals surface area contributed by atoms with Gasteiger partial charge in [0.15, 0.2) is 0 Å². The molecule has 0 radical (unpaired) electrons. The molecule has 3 rings (SSSR count). The first-order chi connectivity index (χ1) is 17.4. The summed E-state index contributed by atoms with van der Waals surface area (Å²) in [6.07, 6.45) is 2.18. The molecule has 0 unspecified atom stereocenters. The molecule has 3 aromatic rings. The van der Waals surface area contributed by atoms with Gasteiger partial charge in [0.2, 0.25) is 5.91 Å². The van der Waals surface area contributed by atoms with E-state index in [4.69, 9.17) is 9.15 Å². The highest BCUT2D eigenvalue weighted by Gasteiger charge is 2.22. The molecule has 0 fully saturated rings. The molecular weight excluding hydrogens is 465 g/mol. The van der Waals surface area contributed by atoms with Crippen molar-refractivity contribution in [2.24, 2.45) is 0 Å². The molecule has 0 spiro atoms. The number of rotatable bonds is 11. The van der Waals surface area contributed by atoms with Crippen molar-refractivity contribution >= 4 is 23.6 Å². The molecule has 0 saturated heterocycles. The van der Waals surface area contributed by atoms with E-state index in [2.05, 4.69) is 5.32 Å². The van der Waals surface area contributed by atoms with Crippen molar-refractivity contribution < 1.29 is 27.9 Å². The van der Waals surface area contributed by atoms with Gasteiger partial charge >= 0.3 is 12.0 Å². The molecule has 1 N–H and O–H groups in total. The Hall–Kier alpha value is -4.14. The van der Waals surface area contributed by atoms with E-state index in [0.717, 1.165) is 5.56 Å². The third-order valence-corrected chi connectivity index (χ3v) is 5.32. The minimum Gasteiger partial charge on any atom is -0.467 e. The number of benzene rings is 2. The highest BCUT2D eigenvalue weighted by Crippen LogP contribution is 2.15. The van der Waals surface area contributed by atoms with Crippen molar-refractivity contribution in [1.29, 1.82) is 0 Å². The molecule has 0 atom stereocenters. The quantitative estimate of drug-likeness (QED) is 0.375. The number of carbonyl (C=O) groups excluding carboxylic acids is 3. The Morgan fingerprint density at radius 3 is 2.28 bits per heavy atom. The summed E-state index contributed by atoms with van der Waals surface area (Å²) in [4.78, 5) is 41.1. The molecule has 0 bridgehead atoms. The van der Waals surface area contributed by atoms with Gasteiger partial charge in [-0.25, -0.2) is 14.0 Å². The van der Waals surface area contributed by atoms with E-state index in [9.17, 15) is 18.8 Å². The first-order valence-corrected chi connectivity index (χ1v) is 11.8. The number of hydrogen-bond donors (Lipinski definition) is 1. The lowest BCUT2D eigenvalue weighted by molar-refractivity contribution is -0.133. The van der Waals surface area contributed by atoms with Crippen molar-refractivity contribution in [3.05, 3.63) is 89.6 Å². The van der Waals surface area contributed by atoms with E-state index in [1.165, 1.54) is 23.3 Å². The smallest absolute Gasteiger partial charge is 0.338 e. The molecular formula is C27H30FN3O5. The highest BCUT2D eigenvalue weighted by molar-refractivity contribution is 5.94. The summed E-state index contributed by atoms with van der Waals surface area (Å²) in [5.74, 6) is -0.481. The van der Waals surface area contributed by atoms with Gasteiger partial charge in [0.1, 0.15) is 18.1 Å². The third-order valence-electron chi connectivity index (χ3n) is 5.32. The third kappa shape index (κ3) is 7.69. The topological polar surface area (TPSA) is 92.1 Å². The lowest BCUT2D eigenvalue weighted by Gasteiger charge is -2.27. The van der Waals surface area contributed by atoms with Crippen LogP contribution in [0.1, 0.15) is 41.9 Å². The van der Waals surface area contributed by atoms with Gasteiger partial charge in [-0.05, 0) is 67.4 Å². The number of nitrogens with one attached hydrogen (secondary N) is 1. The highest BCUT2D eigenvalue weighted by atomic mass is 19.1. The second-order valence-corrected chi connectivity index (χ2v) is 8.11. The lowest BCUT2D eigenvalue weighted by atomic mass is 10.2. The molecule has 1 aromatic heterocycles. The van der Waals surface area contributed by atoms with Gasteiger partial charge in [-0.3, -0.25) is 4.79 Å². The molecule has 0 aliphatic carbocycles. The van der Waals surface area contributed by atoms with Crippen LogP contribution >= 0.6 is 0 Å². The van der Waals surface area contributed by atoms with Gasteiger partial charge < -0.3 is 24.3 Å². The Balaban J connectivity index is 1.69. The monoisotopic (exact) mass is 495 g/mol. The Morgan fingerprint density at radius 2 is 1.67 bits per heavy atom. The number of carbonyl (C=O) groups is 3. The molecule has 2 aromatic carbocycles. The van der Waals surface area contributed by atoms with Crippen LogP contribution in [-0.2, 0) is 22.6 Å². The van der Waals surface area contributed by atoms with Gasteiger partial charge in [-0.2, -0.15) is 0 Å². The van der Waals surface area contributed by atoms with Crippen molar-refractivity contribution in [1.82, 2.24) is 9.80 Å². The van der Waals surface area contributed by atoms with Crippen molar-refractivity contribution in [2.45, 2.75) is 33.4 Å². The number of ether oxygens (including phenoxy) is 1. The second-order valence-electron chi connectivity index (χ2n) is 8.11. The molecule has 3 amide bonds. The molecule has 0 saturated carbocycles. The summed E-state index contributed by atoms with van der Waals surface area (Å²) >= 11 is 0. The van der Waals surface area contributed by atoms with E-state index in [-0.39, 0.29) is 38.0 Å². The van der Waals surface area contributed by atoms with Crippen molar-refractivity contribution in [3.63, 3.8) is 0 Å². The van der Waals surface area contributed by atoms with E-state index in [1.807, 2.05) is 6.92 Å². The Bertz CT molecular complexity index is 1130. The first-order valence-electron chi connectivity index (χ1n) is 11.8. The number of anilines is 1. The van der Waals surface area contributed by atoms with Crippen molar-refractivity contribution in [3.8, 4) is 0 Å². The summed E-state index contributed by atoms with van der Waals surface area (Å²) < 4.78 is 23.7. The second kappa shape index (κ2) is 13.1. The minimum absolute atomic E-state index is 0.150. The van der Waals surface area contributed by atoms with E-state index in [1.54, 1.807) is 60.4 Å². The standard InChI is InChI=1S/C27H30FN3O5/c1-3-15-30(27(34)29-23-13-9-21(10-14-23)26(33)35-4-2)19-25(32)31(18-24-6-5-16-36-24)17-20-7-11-22(28)12-8-20/h5-14,16H,3-4,15,17-19H2,1-2H3,(H,29,34). The fourth-order valence-electron chi connectivity index (χ4n) is 3.53. The van der Waals surface area contributed by atoms with Crippen LogP contribution in [-0.4, -0.2) is 47.4 Å². The van der Waals surface area contributed by atoms with Crippen LogP contribution in [0.2, 0.25) is 0 Å². The lowest BCUT2D eigenvalue weighted by Crippen LogP contribution is -2.44. The summed E-state index contributed by atoms with van der Waals surface area (Å²) in [6, 6.07) is 15.3. The fourth-order valence-corrected chi connectivity index (χ4v) is 3.53. The van der Waals surface area contributed by atoms with Crippen LogP contribution < -0.4 is 5.32 Å². The van der Waals surface area contributed by atoms with Crippen molar-refractivity contribution in [2.75, 3.05) is 25.0 Å². The Kier molecular flexibility index (Phi) is 9.62. The zero-order chi connectivity index (χ0) is 25.9. The number of esters is 1. The molecule has 8 nitrogen and oxygen atoms in total. The van der Waals surface area contributed by atoms with Crippen LogP contribution in [0.3, 0.4) is 0 Å². The maximum absolute atomic E-state index is 13.3. The van der Waals surface area contributed by atoms with Gasteiger partial charge in [0.05, 0.1) is 25.0 Å². The average Bonchev–Trinajstić information content (AvgIpc) is 3.38. The summed E-state index contributed by atoms with van der Waals surface area (Å²) in [6.45, 7) is 4.57. The number of nitrogens with zero attached hydrogens (tertiary/aromatic N) is 2. The molecule has 36 heavy (non-hydrogen) atoms. The molecule has 1 heterocycles. The van der Waals surface area contributed by atoms with Crippen LogP contribution in [0.5, 0.6) is 0 Å². The summed E-state index contributed by atoms with van der Waals surface area (Å²) in [5.41, 5.74) is 1.62. The normalized spacial score (nSPS) is 10.5. The number of amides is 3. The predicted molar refractivity (Wildman–Crippen MR) is 133 cm³/mol. The maximum atomic E-state index is 13.3. The first kappa shape index (κ1) is 26.5. The number of furan rings is 1. The number of halogens is 1. The molecule has 0 aliphatic heterocycles. The Morgan fingerprint density at radius 1 is 0.944 bits per heavy atom. The van der Waals surface area contributed by atoms with E-state index >= 15 is 0 Å². The van der Waals surface area contributed by atoms with Gasteiger partial charge in [0, 0.05) is 18.8 Å².